The maximum absolute atomic E-state index is 10.8. The van der Waals surface area contributed by atoms with Gasteiger partial charge in [0.25, 0.3) is 0 Å². The van der Waals surface area contributed by atoms with Gasteiger partial charge in [0.1, 0.15) is 54.9 Å². The highest BCUT2D eigenvalue weighted by molar-refractivity contribution is 5.85. The molecule has 3 rings (SSSR count). The molecule has 208 valence electrons. The van der Waals surface area contributed by atoms with Crippen LogP contribution in [0.3, 0.4) is 0 Å². The molecule has 3 heterocycles. The third kappa shape index (κ3) is 6.21. The fraction of sp³-hybridized carbons (Fsp3) is 1.00. The topological polar surface area (TPSA) is 286 Å². The minimum absolute atomic E-state index is 0. The first kappa shape index (κ1) is 30.9. The predicted octanol–water partition coefficient (Wildman–Crippen LogP) is -7.25. The summed E-state index contributed by atoms with van der Waals surface area (Å²) >= 11 is 0. The first-order valence-corrected chi connectivity index (χ1v) is 10.8. The first-order chi connectivity index (χ1) is 16.0. The summed E-state index contributed by atoms with van der Waals surface area (Å²) in [6, 6.07) is -3.87. The third-order valence-corrected chi connectivity index (χ3v) is 6.33. The molecule has 0 aromatic heterocycles. The second-order valence-electron chi connectivity index (χ2n) is 8.59. The Morgan fingerprint density at radius 3 is 1.43 bits per heavy atom. The van der Waals surface area contributed by atoms with Crippen LogP contribution in [0.4, 0.5) is 0 Å². The van der Waals surface area contributed by atoms with E-state index < -0.39 is 112 Å². The van der Waals surface area contributed by atoms with Gasteiger partial charge < -0.3 is 81.7 Å². The molecule has 15 atom stereocenters. The summed E-state index contributed by atoms with van der Waals surface area (Å²) in [6.45, 7) is -2.00. The van der Waals surface area contributed by atoms with E-state index in [0.29, 0.717) is 0 Å². The van der Waals surface area contributed by atoms with Crippen LogP contribution in [0, 0.1) is 0 Å². The largest absolute Gasteiger partial charge is 0.394 e. The molecule has 0 amide bonds. The minimum atomic E-state index is -1.56. The van der Waals surface area contributed by atoms with E-state index in [1.807, 2.05) is 0 Å². The summed E-state index contributed by atoms with van der Waals surface area (Å²) in [6.07, 6.45) is -16.8. The van der Waals surface area contributed by atoms with Crippen LogP contribution in [-0.4, -0.2) is 153 Å². The Hall–Kier alpha value is -0.350. The van der Waals surface area contributed by atoms with Crippen LogP contribution in [0.25, 0.3) is 0 Å². The van der Waals surface area contributed by atoms with Gasteiger partial charge in [0, 0.05) is 0 Å². The van der Waals surface area contributed by atoms with Crippen molar-refractivity contribution in [2.75, 3.05) is 19.8 Å². The second-order valence-corrected chi connectivity index (χ2v) is 8.59. The van der Waals surface area contributed by atoms with Crippen molar-refractivity contribution < 1.29 is 64.5 Å². The highest BCUT2D eigenvalue weighted by Gasteiger charge is 2.52. The lowest BCUT2D eigenvalue weighted by atomic mass is 9.94. The van der Waals surface area contributed by atoms with E-state index in [0.717, 1.165) is 0 Å². The van der Waals surface area contributed by atoms with Gasteiger partial charge in [-0.1, -0.05) is 0 Å². The molecule has 3 aliphatic heterocycles. The van der Waals surface area contributed by atoms with Gasteiger partial charge in [0.15, 0.2) is 18.9 Å². The molecule has 0 radical (unpaired) electrons. The van der Waals surface area contributed by atoms with Crippen LogP contribution < -0.4 is 17.2 Å². The summed E-state index contributed by atoms with van der Waals surface area (Å²) in [5, 5.41) is 79.6. The van der Waals surface area contributed by atoms with E-state index in [4.69, 9.17) is 40.9 Å². The van der Waals surface area contributed by atoms with E-state index in [9.17, 15) is 40.9 Å². The molecule has 17 heteroatoms. The highest BCUT2D eigenvalue weighted by atomic mass is 35.5. The van der Waals surface area contributed by atoms with Crippen molar-refractivity contribution in [3.05, 3.63) is 0 Å². The Labute approximate surface area is 206 Å². The number of ether oxygens (including phenoxy) is 5. The predicted molar refractivity (Wildman–Crippen MR) is 114 cm³/mol. The van der Waals surface area contributed by atoms with Gasteiger partial charge in [-0.15, -0.1) is 12.4 Å². The quantitative estimate of drug-likeness (QED) is 0.144. The van der Waals surface area contributed by atoms with Crippen molar-refractivity contribution in [1.82, 2.24) is 0 Å². The molecular weight excluding hydrogens is 502 g/mol. The number of nitrogens with two attached hydrogens (primary N) is 3. The van der Waals surface area contributed by atoms with E-state index in [2.05, 4.69) is 0 Å². The molecule has 3 fully saturated rings. The van der Waals surface area contributed by atoms with Crippen molar-refractivity contribution in [2.45, 2.75) is 91.9 Å². The summed E-state index contributed by atoms with van der Waals surface area (Å²) in [5.41, 5.74) is 17.6. The summed E-state index contributed by atoms with van der Waals surface area (Å²) < 4.78 is 27.4. The normalized spacial score (nSPS) is 51.0. The van der Waals surface area contributed by atoms with Crippen molar-refractivity contribution in [1.29, 1.82) is 0 Å². The van der Waals surface area contributed by atoms with Gasteiger partial charge in [-0.2, -0.15) is 0 Å². The molecule has 1 unspecified atom stereocenters. The second kappa shape index (κ2) is 12.9. The number of hydrogen-bond acceptors (Lipinski definition) is 16. The zero-order valence-corrected chi connectivity index (χ0v) is 19.4. The lowest BCUT2D eigenvalue weighted by molar-refractivity contribution is -0.348. The Kier molecular flexibility index (Phi) is 11.4. The monoisotopic (exact) mass is 537 g/mol. The van der Waals surface area contributed by atoms with E-state index in [1.54, 1.807) is 0 Å². The molecule has 16 nitrogen and oxygen atoms in total. The molecule has 3 saturated heterocycles. The van der Waals surface area contributed by atoms with Crippen molar-refractivity contribution >= 4 is 12.4 Å². The van der Waals surface area contributed by atoms with Crippen LogP contribution in [0.15, 0.2) is 0 Å². The Balaban J connectivity index is 0.00000432. The molecule has 0 spiro atoms. The Morgan fingerprint density at radius 2 is 0.943 bits per heavy atom. The molecule has 0 bridgehead atoms. The molecule has 14 N–H and O–H groups in total. The van der Waals surface area contributed by atoms with Crippen molar-refractivity contribution in [3.8, 4) is 0 Å². The molecule has 0 saturated carbocycles. The van der Waals surface area contributed by atoms with Gasteiger partial charge >= 0.3 is 0 Å². The molecule has 0 aliphatic carbocycles. The standard InChI is InChI=1S/C18H35N3O13.ClH/c19-7-12(27)14(5(2-23)30-16(7)29)33-18-9(21)13(28)15(6(3-24)32-18)34-17-8(20)11(26)10(25)4(1-22)31-17;/h4-18,22-29H,1-3,19-21H2;1H/t4-,5-,6-,7-,8-,9-,10-,11-,12-,13-,14-,15-,16?,17+,18+;/m1./s1. The molecule has 3 aliphatic rings. The van der Waals surface area contributed by atoms with Gasteiger partial charge in [0.05, 0.1) is 37.9 Å². The number of halogens is 1. The SMILES string of the molecule is Cl.N[C@H]1[C@H](O[C@H]2[C@H](O)[C@@H](N)[C@H](O[C@H]3[C@H](O)[C@@H](N)C(O)O[C@@H]3CO)O[C@@H]2CO)O[C@H](CO)[C@@H](O)[C@@H]1O. The Morgan fingerprint density at radius 1 is 0.543 bits per heavy atom. The van der Waals surface area contributed by atoms with Gasteiger partial charge in [-0.3, -0.25) is 0 Å². The molecule has 0 aromatic rings. The summed E-state index contributed by atoms with van der Waals surface area (Å²) in [5.74, 6) is 0. The van der Waals surface area contributed by atoms with Gasteiger partial charge in [-0.25, -0.2) is 0 Å². The lowest BCUT2D eigenvalue weighted by Crippen LogP contribution is -2.69. The Bertz CT molecular complexity index is 653. The number of rotatable bonds is 7. The van der Waals surface area contributed by atoms with Crippen molar-refractivity contribution in [3.63, 3.8) is 0 Å². The van der Waals surface area contributed by atoms with Crippen molar-refractivity contribution in [2.24, 2.45) is 17.2 Å². The highest BCUT2D eigenvalue weighted by Crippen LogP contribution is 2.30. The number of hydrogen-bond donors (Lipinski definition) is 11. The van der Waals surface area contributed by atoms with E-state index >= 15 is 0 Å². The molecule has 35 heavy (non-hydrogen) atoms. The maximum atomic E-state index is 10.8. The van der Waals surface area contributed by atoms with Gasteiger partial charge in [0.2, 0.25) is 0 Å². The number of aliphatic hydroxyl groups excluding tert-OH is 8. The van der Waals surface area contributed by atoms with Crippen LogP contribution >= 0.6 is 12.4 Å². The smallest absolute Gasteiger partial charge is 0.176 e. The van der Waals surface area contributed by atoms with E-state index in [1.165, 1.54) is 0 Å². The fourth-order valence-corrected chi connectivity index (χ4v) is 4.18. The molecular formula is C18H36ClN3O13. The zero-order valence-electron chi connectivity index (χ0n) is 18.5. The summed E-state index contributed by atoms with van der Waals surface area (Å²) in [4.78, 5) is 0. The average Bonchev–Trinajstić information content (AvgIpc) is 2.83. The molecule has 0 aromatic carbocycles. The third-order valence-electron chi connectivity index (χ3n) is 6.33. The summed E-state index contributed by atoms with van der Waals surface area (Å²) in [7, 11) is 0. The van der Waals surface area contributed by atoms with E-state index in [-0.39, 0.29) is 12.4 Å². The number of aliphatic hydroxyl groups is 8. The minimum Gasteiger partial charge on any atom is -0.394 e. The lowest BCUT2D eigenvalue weighted by Gasteiger charge is -2.48. The fourth-order valence-electron chi connectivity index (χ4n) is 4.18. The van der Waals surface area contributed by atoms with Crippen LogP contribution in [0.1, 0.15) is 0 Å². The first-order valence-electron chi connectivity index (χ1n) is 10.8. The van der Waals surface area contributed by atoms with Crippen LogP contribution in [0.5, 0.6) is 0 Å². The average molecular weight is 538 g/mol. The zero-order chi connectivity index (χ0) is 25.3. The van der Waals surface area contributed by atoms with Gasteiger partial charge in [-0.05, 0) is 0 Å². The van der Waals surface area contributed by atoms with Crippen LogP contribution in [-0.2, 0) is 23.7 Å². The maximum Gasteiger partial charge on any atom is 0.176 e. The van der Waals surface area contributed by atoms with Crippen LogP contribution in [0.2, 0.25) is 0 Å².